The van der Waals surface area contributed by atoms with Crippen molar-refractivity contribution in [2.45, 2.75) is 43.2 Å². The lowest BCUT2D eigenvalue weighted by molar-refractivity contribution is 0.272. The molecule has 0 aliphatic heterocycles. The maximum atomic E-state index is 12.8. The molecule has 1 aromatic carbocycles. The smallest absolute Gasteiger partial charge is 0.246 e. The molecule has 0 radical (unpaired) electrons. The fourth-order valence-electron chi connectivity index (χ4n) is 2.78. The summed E-state index contributed by atoms with van der Waals surface area (Å²) < 4.78 is 32.2. The van der Waals surface area contributed by atoms with Crippen LogP contribution in [0.2, 0.25) is 5.02 Å². The highest BCUT2D eigenvalue weighted by Gasteiger charge is 2.33. The third-order valence-electron chi connectivity index (χ3n) is 3.97. The van der Waals surface area contributed by atoms with Crippen molar-refractivity contribution in [1.82, 2.24) is 4.31 Å². The van der Waals surface area contributed by atoms with Crippen LogP contribution < -0.4 is 4.74 Å². The van der Waals surface area contributed by atoms with E-state index in [1.165, 1.54) is 23.5 Å². The molecule has 0 atom stereocenters. The predicted octanol–water partition coefficient (Wildman–Crippen LogP) is 2.40. The van der Waals surface area contributed by atoms with E-state index in [1.807, 2.05) is 0 Å². The van der Waals surface area contributed by atoms with Gasteiger partial charge in [-0.25, -0.2) is 8.42 Å². The number of sulfonamides is 1. The van der Waals surface area contributed by atoms with E-state index in [4.69, 9.17) is 16.3 Å². The molecule has 1 aliphatic rings. The molecule has 1 saturated carbocycles. The summed E-state index contributed by atoms with van der Waals surface area (Å²) in [6, 6.07) is 2.89. The maximum Gasteiger partial charge on any atom is 0.246 e. The largest absolute Gasteiger partial charge is 0.495 e. The van der Waals surface area contributed by atoms with Crippen LogP contribution in [0.1, 0.15) is 31.2 Å². The Kier molecular flexibility index (Phi) is 5.14. The third kappa shape index (κ3) is 3.18. The zero-order chi connectivity index (χ0) is 15.6. The Hall–Kier alpha value is -0.820. The lowest BCUT2D eigenvalue weighted by Gasteiger charge is -2.25. The van der Waals surface area contributed by atoms with Gasteiger partial charge in [0.2, 0.25) is 10.0 Å². The molecule has 0 amide bonds. The van der Waals surface area contributed by atoms with E-state index in [0.717, 1.165) is 25.7 Å². The summed E-state index contributed by atoms with van der Waals surface area (Å²) in [6.45, 7) is -0.334. The summed E-state index contributed by atoms with van der Waals surface area (Å²) in [4.78, 5) is 0.0101. The zero-order valence-electron chi connectivity index (χ0n) is 12.2. The molecular weight excluding hydrogens is 314 g/mol. The number of halogens is 1. The lowest BCUT2D eigenvalue weighted by atomic mass is 10.2. The first-order chi connectivity index (χ1) is 9.91. The van der Waals surface area contributed by atoms with Crippen LogP contribution in [0.4, 0.5) is 0 Å². The minimum Gasteiger partial charge on any atom is -0.495 e. The molecule has 21 heavy (non-hydrogen) atoms. The Morgan fingerprint density at radius 3 is 2.52 bits per heavy atom. The maximum absolute atomic E-state index is 12.8. The summed E-state index contributed by atoms with van der Waals surface area (Å²) in [5.41, 5.74) is 0.364. The second-order valence-corrected chi connectivity index (χ2v) is 7.62. The average Bonchev–Trinajstić information content (AvgIpc) is 2.99. The molecule has 0 heterocycles. The van der Waals surface area contributed by atoms with Gasteiger partial charge >= 0.3 is 0 Å². The number of aliphatic hydroxyl groups is 1. The zero-order valence-corrected chi connectivity index (χ0v) is 13.7. The molecule has 1 aromatic rings. The van der Waals surface area contributed by atoms with Crippen LogP contribution >= 0.6 is 11.6 Å². The SMILES string of the molecule is COc1c(CO)cc(Cl)cc1S(=O)(=O)N(C)C1CCCC1. The van der Waals surface area contributed by atoms with Gasteiger partial charge in [-0.15, -0.1) is 0 Å². The van der Waals surface area contributed by atoms with E-state index < -0.39 is 10.0 Å². The number of hydrogen-bond acceptors (Lipinski definition) is 4. The van der Waals surface area contributed by atoms with E-state index in [-0.39, 0.29) is 28.3 Å². The van der Waals surface area contributed by atoms with Gasteiger partial charge in [0.1, 0.15) is 10.6 Å². The van der Waals surface area contributed by atoms with Crippen molar-refractivity contribution < 1.29 is 18.3 Å². The molecule has 2 rings (SSSR count). The van der Waals surface area contributed by atoms with Crippen LogP contribution in [-0.2, 0) is 16.6 Å². The van der Waals surface area contributed by atoms with Gasteiger partial charge in [-0.3, -0.25) is 0 Å². The van der Waals surface area contributed by atoms with E-state index in [1.54, 1.807) is 7.05 Å². The van der Waals surface area contributed by atoms with Crippen LogP contribution in [-0.4, -0.2) is 38.0 Å². The van der Waals surface area contributed by atoms with Gasteiger partial charge in [0.15, 0.2) is 0 Å². The van der Waals surface area contributed by atoms with Gasteiger partial charge in [0, 0.05) is 23.7 Å². The highest BCUT2D eigenvalue weighted by atomic mass is 35.5. The summed E-state index contributed by atoms with van der Waals surface area (Å²) in [5.74, 6) is 0.159. The predicted molar refractivity (Wildman–Crippen MR) is 81.1 cm³/mol. The van der Waals surface area contributed by atoms with Crippen LogP contribution in [0.3, 0.4) is 0 Å². The highest BCUT2D eigenvalue weighted by Crippen LogP contribution is 2.35. The molecule has 5 nitrogen and oxygen atoms in total. The average molecular weight is 334 g/mol. The Labute approximate surface area is 130 Å². The van der Waals surface area contributed by atoms with Crippen LogP contribution in [0.25, 0.3) is 0 Å². The summed E-state index contributed by atoms with van der Waals surface area (Å²) in [6.07, 6.45) is 3.81. The molecule has 1 fully saturated rings. The number of nitrogens with zero attached hydrogens (tertiary/aromatic N) is 1. The Bertz CT molecular complexity index is 612. The lowest BCUT2D eigenvalue weighted by Crippen LogP contribution is -2.35. The fraction of sp³-hybridized carbons (Fsp3) is 0.571. The minimum atomic E-state index is -3.71. The number of aliphatic hydroxyl groups excluding tert-OH is 1. The van der Waals surface area contributed by atoms with Gasteiger partial charge in [-0.1, -0.05) is 24.4 Å². The van der Waals surface area contributed by atoms with E-state index in [2.05, 4.69) is 0 Å². The van der Waals surface area contributed by atoms with Crippen molar-refractivity contribution in [2.24, 2.45) is 0 Å². The molecule has 1 N–H and O–H groups in total. The summed E-state index contributed by atoms with van der Waals surface area (Å²) in [7, 11) is -0.734. The van der Waals surface area contributed by atoms with E-state index in [9.17, 15) is 13.5 Å². The second kappa shape index (κ2) is 6.52. The third-order valence-corrected chi connectivity index (χ3v) is 6.10. The molecule has 0 aromatic heterocycles. The van der Waals surface area contributed by atoms with Crippen molar-refractivity contribution in [3.63, 3.8) is 0 Å². The Balaban J connectivity index is 2.50. The normalized spacial score (nSPS) is 16.6. The molecule has 0 spiro atoms. The number of rotatable bonds is 5. The first-order valence-electron chi connectivity index (χ1n) is 6.87. The van der Waals surface area contributed by atoms with Gasteiger partial charge in [0.05, 0.1) is 13.7 Å². The quantitative estimate of drug-likeness (QED) is 0.898. The topological polar surface area (TPSA) is 66.8 Å². The van der Waals surface area contributed by atoms with Crippen LogP contribution in [0.15, 0.2) is 17.0 Å². The summed E-state index contributed by atoms with van der Waals surface area (Å²) >= 11 is 5.98. The van der Waals surface area contributed by atoms with Crippen molar-refractivity contribution in [1.29, 1.82) is 0 Å². The van der Waals surface area contributed by atoms with E-state index >= 15 is 0 Å². The van der Waals surface area contributed by atoms with Crippen molar-refractivity contribution in [3.8, 4) is 5.75 Å². The highest BCUT2D eigenvalue weighted by molar-refractivity contribution is 7.89. The molecule has 0 bridgehead atoms. The van der Waals surface area contributed by atoms with Crippen molar-refractivity contribution >= 4 is 21.6 Å². The number of methoxy groups -OCH3 is 1. The molecule has 1 aliphatic carbocycles. The van der Waals surface area contributed by atoms with Crippen molar-refractivity contribution in [3.05, 3.63) is 22.7 Å². The fourth-order valence-corrected chi connectivity index (χ4v) is 4.73. The van der Waals surface area contributed by atoms with Crippen LogP contribution in [0, 0.1) is 0 Å². The number of benzene rings is 1. The van der Waals surface area contributed by atoms with Gasteiger partial charge in [-0.05, 0) is 25.0 Å². The van der Waals surface area contributed by atoms with Gasteiger partial charge in [0.25, 0.3) is 0 Å². The Morgan fingerprint density at radius 2 is 2.00 bits per heavy atom. The Morgan fingerprint density at radius 1 is 1.38 bits per heavy atom. The first-order valence-corrected chi connectivity index (χ1v) is 8.69. The number of ether oxygens (including phenoxy) is 1. The van der Waals surface area contributed by atoms with Gasteiger partial charge in [-0.2, -0.15) is 4.31 Å². The van der Waals surface area contributed by atoms with Crippen molar-refractivity contribution in [2.75, 3.05) is 14.2 Å². The second-order valence-electron chi connectivity index (χ2n) is 5.21. The monoisotopic (exact) mass is 333 g/mol. The molecule has 0 saturated heterocycles. The molecule has 7 heteroatoms. The summed E-state index contributed by atoms with van der Waals surface area (Å²) in [5, 5.41) is 9.63. The molecule has 118 valence electrons. The van der Waals surface area contributed by atoms with Crippen LogP contribution in [0.5, 0.6) is 5.75 Å². The standard InChI is InChI=1S/C14H20ClNO4S/c1-16(12-5-3-4-6-12)21(18,19)13-8-11(15)7-10(9-17)14(13)20-2/h7-8,12,17H,3-6,9H2,1-2H3. The number of hydrogen-bond donors (Lipinski definition) is 1. The van der Waals surface area contributed by atoms with Gasteiger partial charge < -0.3 is 9.84 Å². The minimum absolute atomic E-state index is 0.0101. The molecule has 0 unspecified atom stereocenters. The van der Waals surface area contributed by atoms with E-state index in [0.29, 0.717) is 5.56 Å². The molecular formula is C14H20ClNO4S. The first kappa shape index (κ1) is 16.5.